The smallest absolute Gasteiger partial charge is 0.0641 e. The molecule has 1 fully saturated rings. The van der Waals surface area contributed by atoms with Crippen molar-refractivity contribution in [1.29, 1.82) is 0 Å². The molecule has 3 heteroatoms. The summed E-state index contributed by atoms with van der Waals surface area (Å²) in [4.78, 5) is 2.47. The molecule has 102 valence electrons. The van der Waals surface area contributed by atoms with Gasteiger partial charge in [-0.25, -0.2) is 0 Å². The Balaban J connectivity index is 2.32. The molecule has 0 saturated carbocycles. The van der Waals surface area contributed by atoms with Gasteiger partial charge >= 0.3 is 0 Å². The monoisotopic (exact) mass is 242 g/mol. The molecule has 1 heterocycles. The molecular formula is C14H30N2O. The largest absolute Gasteiger partial charge is 0.375 e. The van der Waals surface area contributed by atoms with Gasteiger partial charge in [-0.1, -0.05) is 13.8 Å². The van der Waals surface area contributed by atoms with Crippen LogP contribution in [0, 0.1) is 0 Å². The second-order valence-corrected chi connectivity index (χ2v) is 5.85. The second-order valence-electron chi connectivity index (χ2n) is 5.85. The number of rotatable bonds is 6. The van der Waals surface area contributed by atoms with Crippen LogP contribution in [0.25, 0.3) is 0 Å². The first kappa shape index (κ1) is 14.9. The van der Waals surface area contributed by atoms with E-state index in [0.717, 1.165) is 39.1 Å². The van der Waals surface area contributed by atoms with Crippen LogP contribution in [-0.4, -0.2) is 48.8 Å². The first-order valence-electron chi connectivity index (χ1n) is 7.09. The van der Waals surface area contributed by atoms with Gasteiger partial charge in [0.25, 0.3) is 0 Å². The maximum atomic E-state index is 5.75. The zero-order valence-corrected chi connectivity index (χ0v) is 12.3. The third kappa shape index (κ3) is 5.36. The number of nitrogens with one attached hydrogen (secondary N) is 1. The lowest BCUT2D eigenvalue weighted by molar-refractivity contribution is -0.0642. The number of likely N-dealkylation sites (N-methyl/N-ethyl adjacent to an activating group) is 1. The number of ether oxygens (including phenoxy) is 1. The van der Waals surface area contributed by atoms with Crippen LogP contribution in [0.5, 0.6) is 0 Å². The molecule has 2 unspecified atom stereocenters. The summed E-state index contributed by atoms with van der Waals surface area (Å²) >= 11 is 0. The third-order valence-electron chi connectivity index (χ3n) is 3.64. The highest BCUT2D eigenvalue weighted by atomic mass is 16.5. The molecule has 1 aliphatic rings. The maximum Gasteiger partial charge on any atom is 0.0641 e. The van der Waals surface area contributed by atoms with E-state index < -0.39 is 0 Å². The van der Waals surface area contributed by atoms with E-state index in [4.69, 9.17) is 4.74 Å². The van der Waals surface area contributed by atoms with E-state index in [9.17, 15) is 0 Å². The Labute approximate surface area is 107 Å². The van der Waals surface area contributed by atoms with Crippen molar-refractivity contribution in [2.45, 2.75) is 65.1 Å². The van der Waals surface area contributed by atoms with Gasteiger partial charge in [-0.05, 0) is 46.7 Å². The second kappa shape index (κ2) is 6.72. The predicted octanol–water partition coefficient (Wildman–Crippen LogP) is 2.26. The first-order valence-corrected chi connectivity index (χ1v) is 7.09. The third-order valence-corrected chi connectivity index (χ3v) is 3.64. The molecule has 3 nitrogen and oxygen atoms in total. The summed E-state index contributed by atoms with van der Waals surface area (Å²) in [5.41, 5.74) is 0.0465. The van der Waals surface area contributed by atoms with Gasteiger partial charge in [-0.15, -0.1) is 0 Å². The van der Waals surface area contributed by atoms with E-state index in [1.807, 2.05) is 0 Å². The fraction of sp³-hybridized carbons (Fsp3) is 1.00. The molecule has 0 radical (unpaired) electrons. The molecule has 17 heavy (non-hydrogen) atoms. The average Bonchev–Trinajstić information content (AvgIpc) is 2.24. The molecule has 1 saturated heterocycles. The number of hydrogen-bond donors (Lipinski definition) is 1. The Kier molecular flexibility index (Phi) is 5.90. The molecule has 0 bridgehead atoms. The maximum absolute atomic E-state index is 5.75. The van der Waals surface area contributed by atoms with E-state index >= 15 is 0 Å². The van der Waals surface area contributed by atoms with Gasteiger partial charge < -0.3 is 15.0 Å². The summed E-state index contributed by atoms with van der Waals surface area (Å²) in [7, 11) is 0. The van der Waals surface area contributed by atoms with Gasteiger partial charge in [-0.3, -0.25) is 0 Å². The molecule has 1 rings (SSSR count). The molecule has 1 N–H and O–H groups in total. The highest BCUT2D eigenvalue weighted by Crippen LogP contribution is 2.24. The lowest BCUT2D eigenvalue weighted by Crippen LogP contribution is -2.49. The van der Waals surface area contributed by atoms with Crippen molar-refractivity contribution < 1.29 is 4.74 Å². The molecule has 0 amide bonds. The van der Waals surface area contributed by atoms with Gasteiger partial charge in [0, 0.05) is 25.2 Å². The van der Waals surface area contributed by atoms with Crippen molar-refractivity contribution in [3.05, 3.63) is 0 Å². The van der Waals surface area contributed by atoms with Crippen LogP contribution in [0.4, 0.5) is 0 Å². The molecule has 1 aliphatic heterocycles. The van der Waals surface area contributed by atoms with Crippen molar-refractivity contribution in [1.82, 2.24) is 10.2 Å². The summed E-state index contributed by atoms with van der Waals surface area (Å²) in [5.74, 6) is 0. The average molecular weight is 242 g/mol. The minimum Gasteiger partial charge on any atom is -0.375 e. The van der Waals surface area contributed by atoms with Crippen molar-refractivity contribution in [2.75, 3.05) is 26.2 Å². The number of hydrogen-bond acceptors (Lipinski definition) is 3. The van der Waals surface area contributed by atoms with E-state index in [2.05, 4.69) is 44.8 Å². The zero-order chi connectivity index (χ0) is 12.9. The topological polar surface area (TPSA) is 24.5 Å². The Morgan fingerprint density at radius 3 is 2.53 bits per heavy atom. The molecule has 0 aromatic carbocycles. The molecule has 0 spiro atoms. The van der Waals surface area contributed by atoms with Gasteiger partial charge in [0.05, 0.1) is 5.60 Å². The van der Waals surface area contributed by atoms with Crippen molar-refractivity contribution in [3.8, 4) is 0 Å². The van der Waals surface area contributed by atoms with Gasteiger partial charge in [0.15, 0.2) is 0 Å². The Morgan fingerprint density at radius 1 is 1.35 bits per heavy atom. The van der Waals surface area contributed by atoms with Crippen LogP contribution < -0.4 is 5.32 Å². The molecule has 0 aliphatic carbocycles. The highest BCUT2D eigenvalue weighted by molar-refractivity contribution is 4.84. The molecule has 0 aromatic heterocycles. The Morgan fingerprint density at radius 2 is 2.00 bits per heavy atom. The van der Waals surface area contributed by atoms with Crippen LogP contribution in [0.2, 0.25) is 0 Å². The lowest BCUT2D eigenvalue weighted by Gasteiger charge is -2.37. The normalized spacial score (nSPS) is 26.1. The highest BCUT2D eigenvalue weighted by Gasteiger charge is 2.29. The summed E-state index contributed by atoms with van der Waals surface area (Å²) in [6.07, 6.45) is 2.27. The minimum absolute atomic E-state index is 0.0465. The molecule has 0 aromatic rings. The van der Waals surface area contributed by atoms with Crippen LogP contribution in [0.15, 0.2) is 0 Å². The van der Waals surface area contributed by atoms with Crippen molar-refractivity contribution >= 4 is 0 Å². The Hall–Kier alpha value is -0.120. The minimum atomic E-state index is 0.0465. The molecular weight excluding hydrogens is 212 g/mol. The standard InChI is InChI=1S/C14H30N2O/c1-6-16(7-2)11-12(3)15-13-8-9-17-14(4,5)10-13/h12-13,15H,6-11H2,1-5H3. The fourth-order valence-corrected chi connectivity index (χ4v) is 2.70. The SMILES string of the molecule is CCN(CC)CC(C)NC1CCOC(C)(C)C1. The lowest BCUT2D eigenvalue weighted by atomic mass is 9.93. The van der Waals surface area contributed by atoms with Crippen molar-refractivity contribution in [3.63, 3.8) is 0 Å². The van der Waals surface area contributed by atoms with Gasteiger partial charge in [0.2, 0.25) is 0 Å². The number of nitrogens with zero attached hydrogens (tertiary/aromatic N) is 1. The van der Waals surface area contributed by atoms with Crippen LogP contribution in [0.3, 0.4) is 0 Å². The van der Waals surface area contributed by atoms with Crippen LogP contribution in [-0.2, 0) is 4.74 Å². The van der Waals surface area contributed by atoms with Gasteiger partial charge in [0.1, 0.15) is 0 Å². The quantitative estimate of drug-likeness (QED) is 0.773. The predicted molar refractivity (Wildman–Crippen MR) is 73.4 cm³/mol. The Bertz CT molecular complexity index is 214. The fourth-order valence-electron chi connectivity index (χ4n) is 2.70. The van der Waals surface area contributed by atoms with E-state index in [1.54, 1.807) is 0 Å². The van der Waals surface area contributed by atoms with E-state index in [0.29, 0.717) is 12.1 Å². The van der Waals surface area contributed by atoms with E-state index in [1.165, 1.54) is 0 Å². The zero-order valence-electron chi connectivity index (χ0n) is 12.3. The molecule has 2 atom stereocenters. The van der Waals surface area contributed by atoms with Crippen LogP contribution in [0.1, 0.15) is 47.5 Å². The summed E-state index contributed by atoms with van der Waals surface area (Å²) < 4.78 is 5.75. The van der Waals surface area contributed by atoms with Crippen LogP contribution >= 0.6 is 0 Å². The summed E-state index contributed by atoms with van der Waals surface area (Å²) in [6.45, 7) is 15.4. The van der Waals surface area contributed by atoms with Gasteiger partial charge in [-0.2, -0.15) is 0 Å². The summed E-state index contributed by atoms with van der Waals surface area (Å²) in [6, 6.07) is 1.18. The van der Waals surface area contributed by atoms with Crippen molar-refractivity contribution in [2.24, 2.45) is 0 Å². The first-order chi connectivity index (χ1) is 7.96. The summed E-state index contributed by atoms with van der Waals surface area (Å²) in [5, 5.41) is 3.75. The van der Waals surface area contributed by atoms with E-state index in [-0.39, 0.29) is 5.60 Å².